The van der Waals surface area contributed by atoms with Crippen molar-refractivity contribution in [3.63, 3.8) is 0 Å². The molecule has 0 fully saturated rings. The van der Waals surface area contributed by atoms with Crippen LogP contribution in [0.2, 0.25) is 5.02 Å². The Bertz CT molecular complexity index is 511. The van der Waals surface area contributed by atoms with Crippen molar-refractivity contribution >= 4 is 11.6 Å². The molecule has 0 radical (unpaired) electrons. The minimum atomic E-state index is -0.411. The van der Waals surface area contributed by atoms with Crippen LogP contribution in [0.5, 0.6) is 11.5 Å². The van der Waals surface area contributed by atoms with Gasteiger partial charge in [-0.15, -0.1) is 0 Å². The monoisotopic (exact) mass is 252 g/mol. The van der Waals surface area contributed by atoms with E-state index in [1.165, 1.54) is 18.2 Å². The van der Waals surface area contributed by atoms with Gasteiger partial charge in [0.2, 0.25) is 0 Å². The first-order chi connectivity index (χ1) is 8.19. The summed E-state index contributed by atoms with van der Waals surface area (Å²) in [4.78, 5) is 0. The van der Waals surface area contributed by atoms with Gasteiger partial charge in [-0.25, -0.2) is 4.39 Å². The predicted octanol–water partition coefficient (Wildman–Crippen LogP) is 3.76. The molecule has 0 saturated heterocycles. The van der Waals surface area contributed by atoms with Crippen molar-refractivity contribution < 1.29 is 14.2 Å². The number of rotatable bonds is 3. The average Bonchev–Trinajstić information content (AvgIpc) is 2.32. The Morgan fingerprint density at radius 2 is 1.82 bits per heavy atom. The number of halogens is 2. The number of benzene rings is 2. The molecule has 0 aliphatic rings. The van der Waals surface area contributed by atoms with Gasteiger partial charge < -0.3 is 9.84 Å². The summed E-state index contributed by atoms with van der Waals surface area (Å²) >= 11 is 5.74. The topological polar surface area (TPSA) is 29.5 Å². The van der Waals surface area contributed by atoms with Crippen molar-refractivity contribution in [1.82, 2.24) is 0 Å². The standard InChI is InChI=1S/C13H10ClFO2/c14-10-2-5-12(6-3-10)17-13-7-11(15)4-1-9(13)8-16/h1-7,16H,8H2. The Hall–Kier alpha value is -1.58. The summed E-state index contributed by atoms with van der Waals surface area (Å²) in [6.07, 6.45) is 0. The van der Waals surface area contributed by atoms with E-state index in [-0.39, 0.29) is 6.61 Å². The molecule has 17 heavy (non-hydrogen) atoms. The number of aliphatic hydroxyl groups is 1. The molecule has 88 valence electrons. The van der Waals surface area contributed by atoms with Gasteiger partial charge in [-0.1, -0.05) is 17.7 Å². The van der Waals surface area contributed by atoms with E-state index in [9.17, 15) is 4.39 Å². The summed E-state index contributed by atoms with van der Waals surface area (Å²) in [5, 5.41) is 9.70. The molecule has 0 aromatic heterocycles. The first-order valence-corrected chi connectivity index (χ1v) is 5.39. The maximum atomic E-state index is 13.1. The Morgan fingerprint density at radius 1 is 1.12 bits per heavy atom. The van der Waals surface area contributed by atoms with Crippen molar-refractivity contribution in [3.8, 4) is 11.5 Å². The largest absolute Gasteiger partial charge is 0.457 e. The highest BCUT2D eigenvalue weighted by Gasteiger charge is 2.06. The van der Waals surface area contributed by atoms with Gasteiger partial charge in [0, 0.05) is 16.7 Å². The first kappa shape index (κ1) is 11.9. The average molecular weight is 253 g/mol. The smallest absolute Gasteiger partial charge is 0.135 e. The van der Waals surface area contributed by atoms with Crippen LogP contribution < -0.4 is 4.74 Å². The minimum absolute atomic E-state index is 0.205. The summed E-state index contributed by atoms with van der Waals surface area (Å²) < 4.78 is 18.5. The van der Waals surface area contributed by atoms with Gasteiger partial charge in [-0.2, -0.15) is 0 Å². The second-order valence-corrected chi connectivity index (χ2v) is 3.90. The molecule has 0 spiro atoms. The molecule has 0 aliphatic carbocycles. The van der Waals surface area contributed by atoms with Crippen LogP contribution in [0.15, 0.2) is 42.5 Å². The van der Waals surface area contributed by atoms with Crippen molar-refractivity contribution in [3.05, 3.63) is 58.9 Å². The van der Waals surface area contributed by atoms with Crippen LogP contribution in [0.1, 0.15) is 5.56 Å². The van der Waals surface area contributed by atoms with E-state index in [0.29, 0.717) is 22.1 Å². The predicted molar refractivity (Wildman–Crippen MR) is 63.8 cm³/mol. The highest BCUT2D eigenvalue weighted by molar-refractivity contribution is 6.30. The normalized spacial score (nSPS) is 10.3. The zero-order valence-electron chi connectivity index (χ0n) is 8.86. The van der Waals surface area contributed by atoms with Crippen LogP contribution in [0, 0.1) is 5.82 Å². The third kappa shape index (κ3) is 2.96. The quantitative estimate of drug-likeness (QED) is 0.901. The van der Waals surface area contributed by atoms with E-state index in [2.05, 4.69) is 0 Å². The van der Waals surface area contributed by atoms with Gasteiger partial charge in [0.25, 0.3) is 0 Å². The second-order valence-electron chi connectivity index (χ2n) is 3.47. The van der Waals surface area contributed by atoms with Gasteiger partial charge in [0.15, 0.2) is 0 Å². The van der Waals surface area contributed by atoms with Gasteiger partial charge >= 0.3 is 0 Å². The number of aliphatic hydroxyl groups excluding tert-OH is 1. The lowest BCUT2D eigenvalue weighted by Crippen LogP contribution is -1.92. The first-order valence-electron chi connectivity index (χ1n) is 5.02. The van der Waals surface area contributed by atoms with Crippen LogP contribution in [-0.2, 0) is 6.61 Å². The van der Waals surface area contributed by atoms with Gasteiger partial charge in [-0.05, 0) is 30.3 Å². The molecule has 0 atom stereocenters. The lowest BCUT2D eigenvalue weighted by molar-refractivity contribution is 0.276. The molecule has 2 aromatic carbocycles. The fraction of sp³-hybridized carbons (Fsp3) is 0.0769. The zero-order chi connectivity index (χ0) is 12.3. The van der Waals surface area contributed by atoms with E-state index < -0.39 is 5.82 Å². The van der Waals surface area contributed by atoms with E-state index in [1.54, 1.807) is 24.3 Å². The Kier molecular flexibility index (Phi) is 3.61. The molecule has 0 amide bonds. The third-order valence-corrected chi connectivity index (χ3v) is 2.49. The van der Waals surface area contributed by atoms with Crippen molar-refractivity contribution in [2.45, 2.75) is 6.61 Å². The van der Waals surface area contributed by atoms with Crippen LogP contribution in [-0.4, -0.2) is 5.11 Å². The van der Waals surface area contributed by atoms with Crippen molar-refractivity contribution in [1.29, 1.82) is 0 Å². The minimum Gasteiger partial charge on any atom is -0.457 e. The van der Waals surface area contributed by atoms with Crippen LogP contribution in [0.4, 0.5) is 4.39 Å². The third-order valence-electron chi connectivity index (χ3n) is 2.24. The highest BCUT2D eigenvalue weighted by Crippen LogP contribution is 2.27. The summed E-state index contributed by atoms with van der Waals surface area (Å²) in [5.74, 6) is 0.427. The molecule has 0 aliphatic heterocycles. The van der Waals surface area contributed by atoms with Crippen LogP contribution >= 0.6 is 11.6 Å². The molecular weight excluding hydrogens is 243 g/mol. The molecule has 2 aromatic rings. The Balaban J connectivity index is 2.28. The number of hydrogen-bond donors (Lipinski definition) is 1. The summed E-state index contributed by atoms with van der Waals surface area (Å²) in [6.45, 7) is -0.205. The summed E-state index contributed by atoms with van der Waals surface area (Å²) in [5.41, 5.74) is 0.529. The highest BCUT2D eigenvalue weighted by atomic mass is 35.5. The molecule has 0 saturated carbocycles. The second kappa shape index (κ2) is 5.17. The molecule has 0 heterocycles. The van der Waals surface area contributed by atoms with Crippen LogP contribution in [0.25, 0.3) is 0 Å². The number of hydrogen-bond acceptors (Lipinski definition) is 2. The molecule has 1 N–H and O–H groups in total. The molecule has 0 bridgehead atoms. The summed E-state index contributed by atoms with van der Waals surface area (Å²) in [6, 6.07) is 10.7. The number of ether oxygens (including phenoxy) is 1. The maximum absolute atomic E-state index is 13.1. The maximum Gasteiger partial charge on any atom is 0.135 e. The van der Waals surface area contributed by atoms with Gasteiger partial charge in [0.05, 0.1) is 6.61 Å². The van der Waals surface area contributed by atoms with Crippen molar-refractivity contribution in [2.24, 2.45) is 0 Å². The van der Waals surface area contributed by atoms with E-state index >= 15 is 0 Å². The molecule has 2 nitrogen and oxygen atoms in total. The lowest BCUT2D eigenvalue weighted by Gasteiger charge is -2.09. The molecular formula is C13H10ClFO2. The van der Waals surface area contributed by atoms with E-state index in [4.69, 9.17) is 21.4 Å². The molecule has 2 rings (SSSR count). The van der Waals surface area contributed by atoms with E-state index in [1.807, 2.05) is 0 Å². The fourth-order valence-electron chi connectivity index (χ4n) is 1.38. The zero-order valence-corrected chi connectivity index (χ0v) is 9.62. The fourth-order valence-corrected chi connectivity index (χ4v) is 1.51. The van der Waals surface area contributed by atoms with Crippen LogP contribution in [0.3, 0.4) is 0 Å². The van der Waals surface area contributed by atoms with Gasteiger partial charge in [0.1, 0.15) is 17.3 Å². The van der Waals surface area contributed by atoms with E-state index in [0.717, 1.165) is 0 Å². The lowest BCUT2D eigenvalue weighted by atomic mass is 10.2. The molecule has 0 unspecified atom stereocenters. The SMILES string of the molecule is OCc1ccc(F)cc1Oc1ccc(Cl)cc1. The van der Waals surface area contributed by atoms with Gasteiger partial charge in [-0.3, -0.25) is 0 Å². The molecule has 4 heteroatoms. The Morgan fingerprint density at radius 3 is 2.47 bits per heavy atom. The Labute approximate surface area is 103 Å². The summed E-state index contributed by atoms with van der Waals surface area (Å²) in [7, 11) is 0. The van der Waals surface area contributed by atoms with Crippen molar-refractivity contribution in [2.75, 3.05) is 0 Å².